The van der Waals surface area contributed by atoms with E-state index in [0.717, 1.165) is 18.5 Å². The molecule has 1 aliphatic rings. The maximum atomic E-state index is 11.7. The van der Waals surface area contributed by atoms with E-state index in [-0.39, 0.29) is 5.78 Å². The highest BCUT2D eigenvalue weighted by molar-refractivity contribution is 5.96. The van der Waals surface area contributed by atoms with Crippen molar-refractivity contribution < 1.29 is 4.79 Å². The molecular formula is C11H14N2O. The van der Waals surface area contributed by atoms with Crippen molar-refractivity contribution in [2.75, 3.05) is 6.54 Å². The maximum Gasteiger partial charge on any atom is 0.164 e. The molecule has 3 heteroatoms. The van der Waals surface area contributed by atoms with Gasteiger partial charge in [-0.3, -0.25) is 9.78 Å². The first-order chi connectivity index (χ1) is 6.86. The average Bonchev–Trinajstić information content (AvgIpc) is 2.72. The lowest BCUT2D eigenvalue weighted by atomic mass is 10.0. The fourth-order valence-electron chi connectivity index (χ4n) is 1.81. The lowest BCUT2D eigenvalue weighted by molar-refractivity contribution is 0.0971. The van der Waals surface area contributed by atoms with Gasteiger partial charge in [0.15, 0.2) is 5.78 Å². The summed E-state index contributed by atoms with van der Waals surface area (Å²) >= 11 is 0. The summed E-state index contributed by atoms with van der Waals surface area (Å²) in [5, 5.41) is 3.32. The predicted octanol–water partition coefficient (Wildman–Crippen LogP) is 1.41. The Balaban J connectivity index is 1.95. The molecule has 0 bridgehead atoms. The number of ketones is 1. The molecule has 74 valence electrons. The van der Waals surface area contributed by atoms with Gasteiger partial charge in [-0.15, -0.1) is 0 Å². The van der Waals surface area contributed by atoms with Crippen molar-refractivity contribution in [1.82, 2.24) is 10.3 Å². The van der Waals surface area contributed by atoms with Crippen molar-refractivity contribution in [3.8, 4) is 0 Å². The van der Waals surface area contributed by atoms with Gasteiger partial charge in [-0.2, -0.15) is 0 Å². The van der Waals surface area contributed by atoms with Crippen LogP contribution in [-0.4, -0.2) is 23.4 Å². The van der Waals surface area contributed by atoms with E-state index in [9.17, 15) is 4.79 Å². The molecule has 1 unspecified atom stereocenters. The average molecular weight is 190 g/mol. The molecule has 2 heterocycles. The number of pyridine rings is 1. The number of hydrogen-bond acceptors (Lipinski definition) is 3. The summed E-state index contributed by atoms with van der Waals surface area (Å²) in [4.78, 5) is 15.6. The molecule has 0 aliphatic carbocycles. The standard InChI is InChI=1S/C11H14N2O/c14-11(8-10-2-1-5-13-10)9-3-6-12-7-4-9/h3-4,6-7,10,13H,1-2,5,8H2. The molecular weight excluding hydrogens is 176 g/mol. The van der Waals surface area contributed by atoms with Crippen molar-refractivity contribution >= 4 is 5.78 Å². The smallest absolute Gasteiger partial charge is 0.164 e. The first kappa shape index (κ1) is 9.34. The number of Topliss-reactive ketones (excluding diaryl/α,β-unsaturated/α-hetero) is 1. The van der Waals surface area contributed by atoms with Gasteiger partial charge in [-0.1, -0.05) is 0 Å². The van der Waals surface area contributed by atoms with E-state index >= 15 is 0 Å². The van der Waals surface area contributed by atoms with Crippen molar-refractivity contribution in [2.45, 2.75) is 25.3 Å². The third-order valence-electron chi connectivity index (χ3n) is 2.60. The normalized spacial score (nSPS) is 21.0. The van der Waals surface area contributed by atoms with E-state index in [4.69, 9.17) is 0 Å². The van der Waals surface area contributed by atoms with Crippen LogP contribution in [0.4, 0.5) is 0 Å². The van der Waals surface area contributed by atoms with Gasteiger partial charge in [0.25, 0.3) is 0 Å². The number of nitrogens with one attached hydrogen (secondary N) is 1. The van der Waals surface area contributed by atoms with Crippen molar-refractivity contribution in [3.05, 3.63) is 30.1 Å². The van der Waals surface area contributed by atoms with Crippen LogP contribution >= 0.6 is 0 Å². The Bertz CT molecular complexity index is 304. The van der Waals surface area contributed by atoms with E-state index in [1.165, 1.54) is 6.42 Å². The molecule has 1 aliphatic heterocycles. The van der Waals surface area contributed by atoms with Gasteiger partial charge >= 0.3 is 0 Å². The third kappa shape index (κ3) is 2.17. The van der Waals surface area contributed by atoms with Crippen LogP contribution in [-0.2, 0) is 0 Å². The SMILES string of the molecule is O=C(CC1CCCN1)c1ccncc1. The lowest BCUT2D eigenvalue weighted by Crippen LogP contribution is -2.24. The summed E-state index contributed by atoms with van der Waals surface area (Å²) in [6.07, 6.45) is 6.25. The summed E-state index contributed by atoms with van der Waals surface area (Å²) in [5.41, 5.74) is 0.772. The minimum absolute atomic E-state index is 0.215. The molecule has 0 spiro atoms. The van der Waals surface area contributed by atoms with E-state index in [2.05, 4.69) is 10.3 Å². The van der Waals surface area contributed by atoms with Crippen molar-refractivity contribution in [3.63, 3.8) is 0 Å². The monoisotopic (exact) mass is 190 g/mol. The Morgan fingerprint density at radius 1 is 1.50 bits per heavy atom. The van der Waals surface area contributed by atoms with Crippen LogP contribution < -0.4 is 5.32 Å². The molecule has 0 saturated carbocycles. The molecule has 2 rings (SSSR count). The zero-order valence-corrected chi connectivity index (χ0v) is 8.07. The van der Waals surface area contributed by atoms with E-state index in [0.29, 0.717) is 12.5 Å². The number of carbonyl (C=O) groups excluding carboxylic acids is 1. The summed E-state index contributed by atoms with van der Waals surface area (Å²) in [6.45, 7) is 1.05. The second-order valence-electron chi connectivity index (χ2n) is 3.66. The van der Waals surface area contributed by atoms with Gasteiger partial charge < -0.3 is 5.32 Å². The fraction of sp³-hybridized carbons (Fsp3) is 0.455. The Kier molecular flexibility index (Phi) is 2.89. The maximum absolute atomic E-state index is 11.7. The van der Waals surface area contributed by atoms with Crippen LogP contribution in [0.5, 0.6) is 0 Å². The molecule has 0 aromatic carbocycles. The van der Waals surface area contributed by atoms with Crippen LogP contribution in [0.2, 0.25) is 0 Å². The molecule has 1 aromatic rings. The van der Waals surface area contributed by atoms with Gasteiger partial charge in [-0.25, -0.2) is 0 Å². The highest BCUT2D eigenvalue weighted by atomic mass is 16.1. The molecule has 1 N–H and O–H groups in total. The molecule has 1 saturated heterocycles. The molecule has 1 atom stereocenters. The van der Waals surface area contributed by atoms with Crippen LogP contribution in [0.1, 0.15) is 29.6 Å². The van der Waals surface area contributed by atoms with E-state index in [1.54, 1.807) is 24.5 Å². The minimum atomic E-state index is 0.215. The van der Waals surface area contributed by atoms with Crippen molar-refractivity contribution in [1.29, 1.82) is 0 Å². The minimum Gasteiger partial charge on any atom is -0.314 e. The molecule has 0 radical (unpaired) electrons. The largest absolute Gasteiger partial charge is 0.314 e. The van der Waals surface area contributed by atoms with Crippen LogP contribution in [0, 0.1) is 0 Å². The second-order valence-corrected chi connectivity index (χ2v) is 3.66. The van der Waals surface area contributed by atoms with E-state index in [1.807, 2.05) is 0 Å². The van der Waals surface area contributed by atoms with E-state index < -0.39 is 0 Å². The molecule has 1 fully saturated rings. The van der Waals surface area contributed by atoms with Crippen LogP contribution in [0.3, 0.4) is 0 Å². The number of carbonyl (C=O) groups is 1. The summed E-state index contributed by atoms with van der Waals surface area (Å²) in [6, 6.07) is 3.94. The number of hydrogen-bond donors (Lipinski definition) is 1. The topological polar surface area (TPSA) is 42.0 Å². The highest BCUT2D eigenvalue weighted by Crippen LogP contribution is 2.12. The van der Waals surface area contributed by atoms with Gasteiger partial charge in [0, 0.05) is 30.4 Å². The van der Waals surface area contributed by atoms with Gasteiger partial charge in [0.05, 0.1) is 0 Å². The molecule has 3 nitrogen and oxygen atoms in total. The molecule has 14 heavy (non-hydrogen) atoms. The lowest BCUT2D eigenvalue weighted by Gasteiger charge is -2.08. The van der Waals surface area contributed by atoms with Gasteiger partial charge in [0.2, 0.25) is 0 Å². The Labute approximate surface area is 83.5 Å². The Morgan fingerprint density at radius 3 is 2.93 bits per heavy atom. The highest BCUT2D eigenvalue weighted by Gasteiger charge is 2.18. The summed E-state index contributed by atoms with van der Waals surface area (Å²) in [7, 11) is 0. The zero-order valence-electron chi connectivity index (χ0n) is 8.07. The Hall–Kier alpha value is -1.22. The zero-order chi connectivity index (χ0) is 9.80. The van der Waals surface area contributed by atoms with Crippen molar-refractivity contribution in [2.24, 2.45) is 0 Å². The molecule has 0 amide bonds. The second kappa shape index (κ2) is 4.33. The number of rotatable bonds is 3. The number of aromatic nitrogens is 1. The number of nitrogens with zero attached hydrogens (tertiary/aromatic N) is 1. The van der Waals surface area contributed by atoms with Crippen LogP contribution in [0.25, 0.3) is 0 Å². The van der Waals surface area contributed by atoms with Crippen LogP contribution in [0.15, 0.2) is 24.5 Å². The quantitative estimate of drug-likeness (QED) is 0.733. The van der Waals surface area contributed by atoms with Gasteiger partial charge in [-0.05, 0) is 31.5 Å². The third-order valence-corrected chi connectivity index (χ3v) is 2.60. The van der Waals surface area contributed by atoms with Gasteiger partial charge in [0.1, 0.15) is 0 Å². The molecule has 1 aromatic heterocycles. The Morgan fingerprint density at radius 2 is 2.29 bits per heavy atom. The summed E-state index contributed by atoms with van der Waals surface area (Å²) in [5.74, 6) is 0.215. The first-order valence-electron chi connectivity index (χ1n) is 5.03. The first-order valence-corrected chi connectivity index (χ1v) is 5.03. The predicted molar refractivity (Wildman–Crippen MR) is 54.2 cm³/mol. The fourth-order valence-corrected chi connectivity index (χ4v) is 1.81. The summed E-state index contributed by atoms with van der Waals surface area (Å²) < 4.78 is 0.